The number of hydrogen-bond acceptors (Lipinski definition) is 4. The van der Waals surface area contributed by atoms with E-state index >= 15 is 0 Å². The van der Waals surface area contributed by atoms with Gasteiger partial charge in [0.2, 0.25) is 5.82 Å². The Labute approximate surface area is 114 Å². The van der Waals surface area contributed by atoms with Crippen LogP contribution in [0, 0.1) is 5.41 Å². The number of hydrogen-bond donors (Lipinski definition) is 3. The van der Waals surface area contributed by atoms with Gasteiger partial charge >= 0.3 is 0 Å². The van der Waals surface area contributed by atoms with Crippen molar-refractivity contribution >= 4 is 37.9 Å². The zero-order valence-corrected chi connectivity index (χ0v) is 11.8. The molecule has 1 aliphatic carbocycles. The number of nitrogens with one attached hydrogen (secondary N) is 1. The Bertz CT molecular complexity index is 414. The molecule has 5 nitrogen and oxygen atoms in total. The highest BCUT2D eigenvalue weighted by molar-refractivity contribution is 14.1. The van der Waals surface area contributed by atoms with Crippen LogP contribution in [-0.4, -0.2) is 19.7 Å². The topological polar surface area (TPSA) is 92.3 Å². The smallest absolute Gasteiger partial charge is 0.239 e. The van der Waals surface area contributed by atoms with Gasteiger partial charge in [-0.15, -0.1) is 0 Å². The highest BCUT2D eigenvalue weighted by Gasteiger charge is 2.22. The number of aromatic nitrogens is 2. The number of nitrogens with two attached hydrogens (primary N) is 2. The lowest BCUT2D eigenvalue weighted by atomic mass is 9.95. The minimum Gasteiger partial charge on any atom is -0.383 e. The second kappa shape index (κ2) is 5.72. The molecule has 92 valence electrons. The van der Waals surface area contributed by atoms with Crippen molar-refractivity contribution in [3.63, 3.8) is 0 Å². The zero-order valence-electron chi connectivity index (χ0n) is 9.62. The van der Waals surface area contributed by atoms with Crippen LogP contribution in [0.3, 0.4) is 0 Å². The Balaban J connectivity index is 2.19. The number of rotatable bonds is 3. The largest absolute Gasteiger partial charge is 0.383 e. The molecule has 1 aliphatic rings. The number of quaternary nitrogens is 1. The number of nitrogens with zero attached hydrogens (tertiary/aromatic N) is 2. The van der Waals surface area contributed by atoms with Gasteiger partial charge in [0.1, 0.15) is 21.4 Å². The first-order valence-corrected chi connectivity index (χ1v) is 6.96. The van der Waals surface area contributed by atoms with E-state index in [0.29, 0.717) is 21.1 Å². The number of nitrogen functional groups attached to an aromatic ring is 1. The Morgan fingerprint density at radius 1 is 1.35 bits per heavy atom. The van der Waals surface area contributed by atoms with Gasteiger partial charge in [-0.3, -0.25) is 10.7 Å². The van der Waals surface area contributed by atoms with E-state index in [4.69, 9.17) is 11.1 Å². The van der Waals surface area contributed by atoms with Gasteiger partial charge in [0, 0.05) is 0 Å². The van der Waals surface area contributed by atoms with Gasteiger partial charge in [0.15, 0.2) is 0 Å². The molecule has 0 amide bonds. The molecule has 1 fully saturated rings. The van der Waals surface area contributed by atoms with Gasteiger partial charge in [0.05, 0.1) is 6.04 Å². The molecule has 0 unspecified atom stereocenters. The Hall–Kier alpha value is -0.760. The molecule has 17 heavy (non-hydrogen) atoms. The van der Waals surface area contributed by atoms with Gasteiger partial charge < -0.3 is 5.73 Å². The zero-order chi connectivity index (χ0) is 12.3. The van der Waals surface area contributed by atoms with E-state index in [-0.39, 0.29) is 0 Å². The first-order chi connectivity index (χ1) is 8.18. The van der Waals surface area contributed by atoms with Crippen molar-refractivity contribution in [1.82, 2.24) is 9.97 Å². The normalized spacial score (nSPS) is 17.0. The fraction of sp³-hybridized carbons (Fsp3) is 0.545. The van der Waals surface area contributed by atoms with Gasteiger partial charge in [0.25, 0.3) is 0 Å². The SMILES string of the molecule is N=C(I)c1c(N)ncnc1[NH2+]C1CCCCC1. The summed E-state index contributed by atoms with van der Waals surface area (Å²) >= 11 is 1.96. The van der Waals surface area contributed by atoms with Crippen molar-refractivity contribution in [1.29, 1.82) is 5.41 Å². The third-order valence-corrected chi connectivity index (χ3v) is 3.71. The molecule has 0 bridgehead atoms. The maximum absolute atomic E-state index is 7.74. The lowest BCUT2D eigenvalue weighted by Gasteiger charge is -2.19. The predicted molar refractivity (Wildman–Crippen MR) is 75.8 cm³/mol. The van der Waals surface area contributed by atoms with Crippen molar-refractivity contribution in [3.05, 3.63) is 11.9 Å². The van der Waals surface area contributed by atoms with Crippen LogP contribution >= 0.6 is 22.6 Å². The van der Waals surface area contributed by atoms with Crippen molar-refractivity contribution in [2.45, 2.75) is 38.1 Å². The van der Waals surface area contributed by atoms with Crippen LogP contribution < -0.4 is 11.1 Å². The maximum atomic E-state index is 7.74. The summed E-state index contributed by atoms with van der Waals surface area (Å²) in [5, 5.41) is 9.91. The van der Waals surface area contributed by atoms with Crippen LogP contribution in [-0.2, 0) is 0 Å². The second-order valence-electron chi connectivity index (χ2n) is 4.40. The summed E-state index contributed by atoms with van der Waals surface area (Å²) in [6.07, 6.45) is 7.84. The van der Waals surface area contributed by atoms with Crippen molar-refractivity contribution in [2.24, 2.45) is 0 Å². The highest BCUT2D eigenvalue weighted by atomic mass is 127. The molecule has 0 atom stereocenters. The molecular weight excluding hydrogens is 329 g/mol. The Kier molecular flexibility index (Phi) is 4.27. The minimum absolute atomic E-state index is 0.404. The van der Waals surface area contributed by atoms with Gasteiger partial charge in [-0.2, -0.15) is 4.98 Å². The molecule has 6 heteroatoms. The monoisotopic (exact) mass is 346 g/mol. The molecule has 2 rings (SSSR count). The van der Waals surface area contributed by atoms with Gasteiger partial charge in [-0.25, -0.2) is 4.98 Å². The maximum Gasteiger partial charge on any atom is 0.239 e. The minimum atomic E-state index is 0.404. The van der Waals surface area contributed by atoms with Crippen LogP contribution in [0.2, 0.25) is 0 Å². The summed E-state index contributed by atoms with van der Waals surface area (Å²) in [5.41, 5.74) is 6.49. The van der Waals surface area contributed by atoms with Crippen molar-refractivity contribution in [3.8, 4) is 0 Å². The molecule has 0 aromatic carbocycles. The molecule has 1 aromatic heterocycles. The van der Waals surface area contributed by atoms with E-state index in [2.05, 4.69) is 15.3 Å². The standard InChI is InChI=1S/C11H16IN5/c12-9(13)8-10(14)15-6-16-11(8)17-7-4-2-1-3-5-7/h6-7,13H,1-5H2,(H3,14,15,16,17)/p+1. The summed E-state index contributed by atoms with van der Waals surface area (Å²) in [5.74, 6) is 1.23. The van der Waals surface area contributed by atoms with Gasteiger partial charge in [-0.1, -0.05) is 6.42 Å². The predicted octanol–water partition coefficient (Wildman–Crippen LogP) is 1.35. The van der Waals surface area contributed by atoms with Gasteiger partial charge in [-0.05, 0) is 48.3 Å². The molecule has 1 saturated carbocycles. The third kappa shape index (κ3) is 3.12. The molecule has 1 aromatic rings. The lowest BCUT2D eigenvalue weighted by molar-refractivity contribution is -0.617. The quantitative estimate of drug-likeness (QED) is 0.570. The van der Waals surface area contributed by atoms with Crippen molar-refractivity contribution in [2.75, 3.05) is 5.73 Å². The van der Waals surface area contributed by atoms with Crippen LogP contribution in [0.4, 0.5) is 11.6 Å². The number of halogens is 1. The molecule has 0 saturated heterocycles. The fourth-order valence-electron chi connectivity index (χ4n) is 2.29. The fourth-order valence-corrected chi connectivity index (χ4v) is 2.84. The van der Waals surface area contributed by atoms with E-state index in [9.17, 15) is 0 Å². The third-order valence-electron chi connectivity index (χ3n) is 3.17. The lowest BCUT2D eigenvalue weighted by Crippen LogP contribution is -2.85. The molecule has 0 radical (unpaired) electrons. The number of anilines is 1. The van der Waals surface area contributed by atoms with E-state index in [1.807, 2.05) is 22.6 Å². The van der Waals surface area contributed by atoms with E-state index < -0.39 is 0 Å². The molecule has 5 N–H and O–H groups in total. The average molecular weight is 346 g/mol. The van der Waals surface area contributed by atoms with E-state index in [0.717, 1.165) is 5.82 Å². The van der Waals surface area contributed by atoms with Crippen molar-refractivity contribution < 1.29 is 5.32 Å². The average Bonchev–Trinajstić information content (AvgIpc) is 2.30. The first kappa shape index (κ1) is 12.7. The molecule has 0 aliphatic heterocycles. The van der Waals surface area contributed by atoms with Crippen LogP contribution in [0.15, 0.2) is 6.33 Å². The molecular formula is C11H17IN5+. The molecule has 0 spiro atoms. The second-order valence-corrected chi connectivity index (χ2v) is 5.48. The van der Waals surface area contributed by atoms with Crippen LogP contribution in [0.25, 0.3) is 0 Å². The summed E-state index contributed by atoms with van der Waals surface area (Å²) in [6.45, 7) is 0. The highest BCUT2D eigenvalue weighted by Crippen LogP contribution is 2.19. The van der Waals surface area contributed by atoms with E-state index in [1.54, 1.807) is 0 Å². The summed E-state index contributed by atoms with van der Waals surface area (Å²) in [4.78, 5) is 8.22. The molecule has 1 heterocycles. The first-order valence-electron chi connectivity index (χ1n) is 5.88. The van der Waals surface area contributed by atoms with Crippen LogP contribution in [0.5, 0.6) is 0 Å². The summed E-state index contributed by atoms with van der Waals surface area (Å²) in [7, 11) is 0. The van der Waals surface area contributed by atoms with Crippen LogP contribution in [0.1, 0.15) is 37.7 Å². The Morgan fingerprint density at radius 3 is 2.71 bits per heavy atom. The Morgan fingerprint density at radius 2 is 2.06 bits per heavy atom. The summed E-state index contributed by atoms with van der Waals surface area (Å²) in [6, 6.07) is 0.576. The summed E-state index contributed by atoms with van der Waals surface area (Å²) < 4.78 is 0.405. The van der Waals surface area contributed by atoms with E-state index in [1.165, 1.54) is 38.4 Å².